The van der Waals surface area contributed by atoms with Crippen molar-refractivity contribution in [3.63, 3.8) is 0 Å². The number of aryl methyl sites for hydroxylation is 1. The highest BCUT2D eigenvalue weighted by molar-refractivity contribution is 7.89. The van der Waals surface area contributed by atoms with Gasteiger partial charge in [-0.05, 0) is 25.5 Å². The molecule has 1 heterocycles. The van der Waals surface area contributed by atoms with Gasteiger partial charge in [-0.15, -0.1) is 0 Å². The topological polar surface area (TPSA) is 89.8 Å². The predicted octanol–water partition coefficient (Wildman–Crippen LogP) is 1.45. The van der Waals surface area contributed by atoms with Gasteiger partial charge in [0.25, 0.3) is 0 Å². The van der Waals surface area contributed by atoms with E-state index in [-0.39, 0.29) is 36.3 Å². The van der Waals surface area contributed by atoms with E-state index in [1.807, 2.05) is 0 Å². The quantitative estimate of drug-likeness (QED) is 0.621. The van der Waals surface area contributed by atoms with Crippen molar-refractivity contribution in [3.05, 3.63) is 33.6 Å². The van der Waals surface area contributed by atoms with E-state index >= 15 is 0 Å². The maximum atomic E-state index is 13.7. The Morgan fingerprint density at radius 2 is 2.14 bits per heavy atom. The molecule has 1 unspecified atom stereocenters. The average Bonchev–Trinajstić information content (AvgIpc) is 2.41. The molecule has 0 aliphatic carbocycles. The molecule has 1 aliphatic heterocycles. The molecule has 2 rings (SSSR count). The zero-order chi connectivity index (χ0) is 15.8. The summed E-state index contributed by atoms with van der Waals surface area (Å²) in [6.45, 7) is 3.65. The monoisotopic (exact) mass is 318 g/mol. The minimum Gasteiger partial charge on any atom is -0.378 e. The molecule has 0 aromatic heterocycles. The van der Waals surface area contributed by atoms with Crippen molar-refractivity contribution < 1.29 is 22.5 Å². The summed E-state index contributed by atoms with van der Waals surface area (Å²) in [5.74, 6) is -1.02. The van der Waals surface area contributed by atoms with Gasteiger partial charge >= 0.3 is 5.69 Å². The maximum Gasteiger partial charge on any atom is 0.306 e. The number of morpholine rings is 1. The molecule has 0 bridgehead atoms. The predicted molar refractivity (Wildman–Crippen MR) is 72.0 cm³/mol. The Labute approximate surface area is 121 Å². The minimum atomic E-state index is -3.92. The van der Waals surface area contributed by atoms with Crippen molar-refractivity contribution in [1.29, 1.82) is 0 Å². The molecule has 1 aromatic rings. The SMILES string of the molecule is Cc1cc(S(=O)(=O)N2CCOCC2C)cc([N+](=O)[O-])c1F. The number of ether oxygens (including phenoxy) is 1. The zero-order valence-corrected chi connectivity index (χ0v) is 12.4. The molecule has 0 N–H and O–H groups in total. The van der Waals surface area contributed by atoms with Gasteiger partial charge in [-0.3, -0.25) is 10.1 Å². The highest BCUT2D eigenvalue weighted by Gasteiger charge is 2.33. The Morgan fingerprint density at radius 3 is 2.71 bits per heavy atom. The van der Waals surface area contributed by atoms with Gasteiger partial charge in [-0.1, -0.05) is 0 Å². The van der Waals surface area contributed by atoms with Crippen LogP contribution in [0.4, 0.5) is 10.1 Å². The third kappa shape index (κ3) is 2.89. The number of nitro groups is 1. The van der Waals surface area contributed by atoms with Gasteiger partial charge in [0.15, 0.2) is 0 Å². The number of sulfonamides is 1. The number of rotatable bonds is 3. The van der Waals surface area contributed by atoms with Gasteiger partial charge in [0, 0.05) is 18.7 Å². The summed E-state index contributed by atoms with van der Waals surface area (Å²) in [6, 6.07) is 1.49. The van der Waals surface area contributed by atoms with Crippen LogP contribution in [0.25, 0.3) is 0 Å². The number of nitro benzene ring substituents is 1. The van der Waals surface area contributed by atoms with Gasteiger partial charge in [-0.2, -0.15) is 8.70 Å². The second-order valence-corrected chi connectivity index (χ2v) is 6.76. The number of hydrogen-bond donors (Lipinski definition) is 0. The minimum absolute atomic E-state index is 0.0799. The summed E-state index contributed by atoms with van der Waals surface area (Å²) in [7, 11) is -3.92. The van der Waals surface area contributed by atoms with E-state index in [9.17, 15) is 22.9 Å². The van der Waals surface area contributed by atoms with Gasteiger partial charge in [-0.25, -0.2) is 8.42 Å². The summed E-state index contributed by atoms with van der Waals surface area (Å²) >= 11 is 0. The standard InChI is InChI=1S/C12H15FN2O5S/c1-8-5-10(6-11(12(8)13)15(16)17)21(18,19)14-3-4-20-7-9(14)2/h5-6,9H,3-4,7H2,1-2H3. The van der Waals surface area contributed by atoms with Crippen LogP contribution < -0.4 is 0 Å². The van der Waals surface area contributed by atoms with Crippen LogP contribution >= 0.6 is 0 Å². The molecule has 116 valence electrons. The highest BCUT2D eigenvalue weighted by atomic mass is 32.2. The van der Waals surface area contributed by atoms with Crippen molar-refractivity contribution in [1.82, 2.24) is 4.31 Å². The van der Waals surface area contributed by atoms with Crippen molar-refractivity contribution >= 4 is 15.7 Å². The number of hydrogen-bond acceptors (Lipinski definition) is 5. The lowest BCUT2D eigenvalue weighted by Crippen LogP contribution is -2.46. The molecule has 21 heavy (non-hydrogen) atoms. The molecule has 0 spiro atoms. The van der Waals surface area contributed by atoms with Crippen LogP contribution in [0, 0.1) is 22.9 Å². The molecular formula is C12H15FN2O5S. The third-order valence-electron chi connectivity index (χ3n) is 3.32. The highest BCUT2D eigenvalue weighted by Crippen LogP contribution is 2.28. The fourth-order valence-corrected chi connectivity index (χ4v) is 3.91. The fourth-order valence-electron chi connectivity index (χ4n) is 2.20. The summed E-state index contributed by atoms with van der Waals surface area (Å²) in [6.07, 6.45) is 0. The Hall–Kier alpha value is -1.58. The summed E-state index contributed by atoms with van der Waals surface area (Å²) in [4.78, 5) is 9.63. The second kappa shape index (κ2) is 5.66. The normalized spacial score (nSPS) is 20.4. The molecule has 1 atom stereocenters. The average molecular weight is 318 g/mol. The first kappa shape index (κ1) is 15.8. The smallest absolute Gasteiger partial charge is 0.306 e. The van der Waals surface area contributed by atoms with E-state index in [0.717, 1.165) is 12.1 Å². The lowest BCUT2D eigenvalue weighted by Gasteiger charge is -2.32. The van der Waals surface area contributed by atoms with Gasteiger partial charge in [0.1, 0.15) is 0 Å². The molecule has 0 radical (unpaired) electrons. The molecule has 1 aromatic carbocycles. The van der Waals surface area contributed by atoms with Crippen LogP contribution in [0.15, 0.2) is 17.0 Å². The first-order chi connectivity index (χ1) is 9.75. The van der Waals surface area contributed by atoms with Crippen LogP contribution in [0.1, 0.15) is 12.5 Å². The van der Waals surface area contributed by atoms with Crippen LogP contribution in [-0.4, -0.2) is 43.4 Å². The van der Waals surface area contributed by atoms with E-state index in [4.69, 9.17) is 4.74 Å². The Morgan fingerprint density at radius 1 is 1.48 bits per heavy atom. The van der Waals surface area contributed by atoms with Crippen molar-refractivity contribution in [2.75, 3.05) is 19.8 Å². The molecule has 1 fully saturated rings. The molecule has 0 saturated carbocycles. The Balaban J connectivity index is 2.52. The molecular weight excluding hydrogens is 303 g/mol. The largest absolute Gasteiger partial charge is 0.378 e. The van der Waals surface area contributed by atoms with Crippen LogP contribution in [0.2, 0.25) is 0 Å². The molecule has 1 aliphatic rings. The lowest BCUT2D eigenvalue weighted by molar-refractivity contribution is -0.387. The third-order valence-corrected chi connectivity index (χ3v) is 5.31. The van der Waals surface area contributed by atoms with Crippen molar-refractivity contribution in [3.8, 4) is 0 Å². The molecule has 9 heteroatoms. The van der Waals surface area contributed by atoms with E-state index in [1.165, 1.54) is 11.2 Å². The van der Waals surface area contributed by atoms with Crippen LogP contribution in [0.3, 0.4) is 0 Å². The second-order valence-electron chi connectivity index (χ2n) is 4.87. The number of nitrogens with zero attached hydrogens (tertiary/aromatic N) is 2. The van der Waals surface area contributed by atoms with Crippen molar-refractivity contribution in [2.45, 2.75) is 24.8 Å². The van der Waals surface area contributed by atoms with E-state index < -0.39 is 26.5 Å². The van der Waals surface area contributed by atoms with Crippen LogP contribution in [0.5, 0.6) is 0 Å². The first-order valence-electron chi connectivity index (χ1n) is 6.29. The Kier molecular flexibility index (Phi) is 4.26. The lowest BCUT2D eigenvalue weighted by atomic mass is 10.2. The molecule has 1 saturated heterocycles. The summed E-state index contributed by atoms with van der Waals surface area (Å²) in [5, 5.41) is 10.8. The summed E-state index contributed by atoms with van der Waals surface area (Å²) in [5.41, 5.74) is -0.918. The van der Waals surface area contributed by atoms with E-state index in [1.54, 1.807) is 6.92 Å². The first-order valence-corrected chi connectivity index (χ1v) is 7.73. The van der Waals surface area contributed by atoms with Gasteiger partial charge < -0.3 is 4.74 Å². The fraction of sp³-hybridized carbons (Fsp3) is 0.500. The number of halogens is 1. The van der Waals surface area contributed by atoms with Crippen LogP contribution in [-0.2, 0) is 14.8 Å². The zero-order valence-electron chi connectivity index (χ0n) is 11.6. The summed E-state index contributed by atoms with van der Waals surface area (Å²) < 4.78 is 45.2. The maximum absolute atomic E-state index is 13.7. The molecule has 7 nitrogen and oxygen atoms in total. The Bertz CT molecular complexity index is 676. The molecule has 0 amide bonds. The van der Waals surface area contributed by atoms with Crippen molar-refractivity contribution in [2.24, 2.45) is 0 Å². The van der Waals surface area contributed by atoms with E-state index in [0.29, 0.717) is 0 Å². The van der Waals surface area contributed by atoms with E-state index in [2.05, 4.69) is 0 Å². The number of benzene rings is 1. The van der Waals surface area contributed by atoms with Gasteiger partial charge in [0.05, 0.1) is 23.0 Å². The van der Waals surface area contributed by atoms with Gasteiger partial charge in [0.2, 0.25) is 15.8 Å².